The molecule has 14 rings (SSSR count). The van der Waals surface area contributed by atoms with Gasteiger partial charge < -0.3 is 13.7 Å². The third-order valence-electron chi connectivity index (χ3n) is 12.5. The highest BCUT2D eigenvalue weighted by molar-refractivity contribution is 7.04. The summed E-state index contributed by atoms with van der Waals surface area (Å²) in [6.07, 6.45) is 0. The fraction of sp³-hybridized carbons (Fsp3) is 0. The van der Waals surface area contributed by atoms with E-state index in [2.05, 4.69) is 0 Å². The lowest BCUT2D eigenvalue weighted by atomic mass is 9.30. The van der Waals surface area contributed by atoms with Gasteiger partial charge in [-0.05, 0) is 118 Å². The summed E-state index contributed by atoms with van der Waals surface area (Å²) in [7, 11) is 0. The van der Waals surface area contributed by atoms with Gasteiger partial charge in [-0.15, -0.1) is 0 Å². The summed E-state index contributed by atoms with van der Waals surface area (Å²) >= 11 is 0. The van der Waals surface area contributed by atoms with E-state index in [0.717, 1.165) is 0 Å². The molecular formula is C42H14B2F7N3. The lowest BCUT2D eigenvalue weighted by Gasteiger charge is -2.41. The number of aromatic nitrogens is 3. The Morgan fingerprint density at radius 2 is 0.667 bits per heavy atom. The van der Waals surface area contributed by atoms with Gasteiger partial charge in [-0.25, -0.2) is 30.7 Å². The van der Waals surface area contributed by atoms with Crippen LogP contribution in [0.5, 0.6) is 0 Å². The van der Waals surface area contributed by atoms with Gasteiger partial charge in [0, 0.05) is 60.1 Å². The van der Waals surface area contributed by atoms with Crippen LogP contribution in [0.1, 0.15) is 0 Å². The number of halogens is 7. The van der Waals surface area contributed by atoms with E-state index in [1.54, 1.807) is 9.13 Å². The van der Waals surface area contributed by atoms with Crippen molar-refractivity contribution in [1.29, 1.82) is 0 Å². The first-order valence-corrected chi connectivity index (χ1v) is 17.4. The maximum Gasteiger partial charge on any atom is 0.252 e. The predicted molar refractivity (Wildman–Crippen MR) is 198 cm³/mol. The van der Waals surface area contributed by atoms with Crippen molar-refractivity contribution in [3.05, 3.63) is 126 Å². The molecule has 0 fully saturated rings. The molecule has 4 aliphatic heterocycles. The van der Waals surface area contributed by atoms with Crippen molar-refractivity contribution in [2.24, 2.45) is 0 Å². The van der Waals surface area contributed by atoms with E-state index >= 15 is 22.0 Å². The second-order valence-electron chi connectivity index (χ2n) is 14.9. The molecule has 0 saturated carbocycles. The molecule has 10 aromatic rings. The molecule has 0 bridgehead atoms. The first kappa shape index (κ1) is 28.1. The minimum Gasteiger partial charge on any atom is -0.311 e. The third-order valence-corrected chi connectivity index (χ3v) is 12.5. The van der Waals surface area contributed by atoms with Gasteiger partial charge in [0.2, 0.25) is 0 Å². The Bertz CT molecular complexity index is 3390. The van der Waals surface area contributed by atoms with Gasteiger partial charge in [0.25, 0.3) is 13.4 Å². The average Bonchev–Trinajstić information content (AvgIpc) is 3.75. The van der Waals surface area contributed by atoms with E-state index in [1.807, 2.05) is 4.57 Å². The van der Waals surface area contributed by atoms with Gasteiger partial charge in [0.15, 0.2) is 5.82 Å². The summed E-state index contributed by atoms with van der Waals surface area (Å²) in [5.41, 5.74) is 6.32. The molecule has 0 atom stereocenters. The zero-order valence-corrected chi connectivity index (χ0v) is 27.2. The topological polar surface area (TPSA) is 14.8 Å². The van der Waals surface area contributed by atoms with Gasteiger partial charge in [0.1, 0.15) is 34.9 Å². The maximum absolute atomic E-state index is 18.7. The van der Waals surface area contributed by atoms with E-state index in [0.29, 0.717) is 104 Å². The highest BCUT2D eigenvalue weighted by Gasteiger charge is 2.51. The summed E-state index contributed by atoms with van der Waals surface area (Å²) in [5.74, 6) is -4.20. The summed E-state index contributed by atoms with van der Waals surface area (Å²) in [5, 5.41) is 2.32. The molecule has 3 nitrogen and oxygen atoms in total. The molecule has 0 unspecified atom stereocenters. The minimum absolute atomic E-state index is 0.122. The standard InChI is InChI=1S/C42H14B2F7N3/c45-15-1-3-31-21(5-15)23-7-17(47)11-27-36(23)52(31)41-33-40-34-42(35(41)51)53-32-4-2-16(46)6-22(32)24-8-18(48)12-28(37(24)53)44(34)30-14-20(50)10-26-25-9-19(49)13-29(43(27)33)38(25)54(40)39(26)30/h1-14H. The number of nitrogens with zero attached hydrogens (tertiary/aromatic N) is 3. The van der Waals surface area contributed by atoms with Gasteiger partial charge in [-0.2, -0.15) is 0 Å². The molecule has 7 heterocycles. The molecule has 0 N–H and O–H groups in total. The normalized spacial score (nSPS) is 14.1. The smallest absolute Gasteiger partial charge is 0.252 e. The second-order valence-corrected chi connectivity index (χ2v) is 14.9. The Morgan fingerprint density at radius 3 is 1.06 bits per heavy atom. The zero-order chi connectivity index (χ0) is 36.0. The highest BCUT2D eigenvalue weighted by atomic mass is 19.2. The summed E-state index contributed by atoms with van der Waals surface area (Å²) < 4.78 is 118. The molecule has 3 aromatic heterocycles. The molecular weight excluding hydrogens is 701 g/mol. The molecule has 4 aliphatic rings. The Kier molecular flexibility index (Phi) is 4.44. The zero-order valence-electron chi connectivity index (χ0n) is 27.2. The Hall–Kier alpha value is -6.42. The van der Waals surface area contributed by atoms with Gasteiger partial charge in [-0.1, -0.05) is 0 Å². The van der Waals surface area contributed by atoms with Crippen LogP contribution in [0.4, 0.5) is 30.7 Å². The van der Waals surface area contributed by atoms with E-state index < -0.39 is 54.1 Å². The van der Waals surface area contributed by atoms with Crippen LogP contribution in [0.2, 0.25) is 0 Å². The number of benzene rings is 7. The second kappa shape index (κ2) is 8.52. The molecule has 252 valence electrons. The SMILES string of the molecule is Fc1ccc2c(c1)c1cc(F)cc3c1n2-c1c(F)c2c4c5c1B3c1cc(F)cc3c6cc(F)cc(c6n-5c13)B4c1cc(F)cc3c4cc(F)ccc4n-2c13. The van der Waals surface area contributed by atoms with Crippen molar-refractivity contribution < 1.29 is 30.7 Å². The van der Waals surface area contributed by atoms with E-state index in [1.165, 1.54) is 84.9 Å². The fourth-order valence-electron chi connectivity index (χ4n) is 11.0. The van der Waals surface area contributed by atoms with Crippen LogP contribution in [-0.2, 0) is 0 Å². The highest BCUT2D eigenvalue weighted by Crippen LogP contribution is 2.45. The molecule has 0 aliphatic carbocycles. The maximum atomic E-state index is 18.7. The van der Waals surface area contributed by atoms with Crippen LogP contribution in [-0.4, -0.2) is 27.1 Å². The van der Waals surface area contributed by atoms with E-state index in [9.17, 15) is 8.78 Å². The van der Waals surface area contributed by atoms with Crippen molar-refractivity contribution in [2.75, 3.05) is 0 Å². The molecule has 0 radical (unpaired) electrons. The van der Waals surface area contributed by atoms with Crippen molar-refractivity contribution in [2.45, 2.75) is 0 Å². The summed E-state index contributed by atoms with van der Waals surface area (Å²) in [6.45, 7) is -1.80. The number of hydrogen-bond acceptors (Lipinski definition) is 0. The number of hydrogen-bond donors (Lipinski definition) is 0. The van der Waals surface area contributed by atoms with Crippen molar-refractivity contribution in [3.63, 3.8) is 0 Å². The quantitative estimate of drug-likeness (QED) is 0.131. The molecule has 0 saturated heterocycles. The Balaban J connectivity index is 1.33. The fourth-order valence-corrected chi connectivity index (χ4v) is 11.0. The van der Waals surface area contributed by atoms with Crippen LogP contribution in [0.25, 0.3) is 82.5 Å². The molecule has 54 heavy (non-hydrogen) atoms. The van der Waals surface area contributed by atoms with Crippen LogP contribution < -0.4 is 32.8 Å². The van der Waals surface area contributed by atoms with Crippen LogP contribution >= 0.6 is 0 Å². The minimum atomic E-state index is -0.902. The predicted octanol–water partition coefficient (Wildman–Crippen LogP) is 6.24. The third kappa shape index (κ3) is 2.81. The van der Waals surface area contributed by atoms with Crippen molar-refractivity contribution >= 4 is 112 Å². The number of fused-ring (bicyclic) bond motifs is 13. The van der Waals surface area contributed by atoms with Crippen molar-refractivity contribution in [1.82, 2.24) is 13.7 Å². The Morgan fingerprint density at radius 1 is 0.333 bits per heavy atom. The summed E-state index contributed by atoms with van der Waals surface area (Å²) in [4.78, 5) is 0. The van der Waals surface area contributed by atoms with Crippen molar-refractivity contribution in [3.8, 4) is 17.1 Å². The average molecular weight is 715 g/mol. The van der Waals surface area contributed by atoms with Gasteiger partial charge >= 0.3 is 0 Å². The first-order valence-electron chi connectivity index (χ1n) is 17.4. The lowest BCUT2D eigenvalue weighted by Crippen LogP contribution is -2.67. The van der Waals surface area contributed by atoms with E-state index in [4.69, 9.17) is 0 Å². The van der Waals surface area contributed by atoms with Crippen LogP contribution in [0, 0.1) is 40.7 Å². The molecule has 0 amide bonds. The number of rotatable bonds is 0. The molecule has 7 aromatic carbocycles. The van der Waals surface area contributed by atoms with Crippen LogP contribution in [0.3, 0.4) is 0 Å². The first-order chi connectivity index (χ1) is 26.2. The van der Waals surface area contributed by atoms with Gasteiger partial charge in [-0.3, -0.25) is 0 Å². The lowest BCUT2D eigenvalue weighted by molar-refractivity contribution is 0.615. The Labute approximate surface area is 298 Å². The molecule has 12 heteroatoms. The largest absolute Gasteiger partial charge is 0.311 e. The van der Waals surface area contributed by atoms with Crippen LogP contribution in [0.15, 0.2) is 84.9 Å². The molecule has 0 spiro atoms. The van der Waals surface area contributed by atoms with Gasteiger partial charge in [0.05, 0.1) is 22.4 Å². The van der Waals surface area contributed by atoms with E-state index in [-0.39, 0.29) is 11.4 Å². The monoisotopic (exact) mass is 715 g/mol. The summed E-state index contributed by atoms with van der Waals surface area (Å²) in [6, 6.07) is 19.0.